The molecule has 0 amide bonds. The fourth-order valence-electron chi connectivity index (χ4n) is 2.37. The van der Waals surface area contributed by atoms with Crippen molar-refractivity contribution in [1.82, 2.24) is 9.88 Å². The van der Waals surface area contributed by atoms with E-state index in [1.165, 1.54) is 16.5 Å². The van der Waals surface area contributed by atoms with Crippen molar-refractivity contribution < 1.29 is 9.84 Å². The van der Waals surface area contributed by atoms with Gasteiger partial charge in [0.05, 0.1) is 12.7 Å². The Morgan fingerprint density at radius 2 is 2.15 bits per heavy atom. The lowest BCUT2D eigenvalue weighted by molar-refractivity contribution is 0.178. The van der Waals surface area contributed by atoms with Gasteiger partial charge in [0.1, 0.15) is 0 Å². The Morgan fingerprint density at radius 1 is 1.35 bits per heavy atom. The van der Waals surface area contributed by atoms with Crippen molar-refractivity contribution >= 4 is 10.9 Å². The molecule has 2 N–H and O–H groups in total. The Labute approximate surface area is 120 Å². The number of rotatable bonds is 8. The molecule has 0 aliphatic carbocycles. The summed E-state index contributed by atoms with van der Waals surface area (Å²) in [7, 11) is 1.71. The Kier molecular flexibility index (Phi) is 5.59. The molecule has 0 aliphatic rings. The Balaban J connectivity index is 2.13. The molecule has 20 heavy (non-hydrogen) atoms. The first-order valence-corrected chi connectivity index (χ1v) is 7.17. The van der Waals surface area contributed by atoms with E-state index in [1.54, 1.807) is 7.11 Å². The average molecular weight is 276 g/mol. The fraction of sp³-hybridized carbons (Fsp3) is 0.500. The van der Waals surface area contributed by atoms with Crippen LogP contribution in [0.5, 0.6) is 0 Å². The second kappa shape index (κ2) is 7.43. The van der Waals surface area contributed by atoms with E-state index in [2.05, 4.69) is 40.3 Å². The zero-order valence-electron chi connectivity index (χ0n) is 12.3. The van der Waals surface area contributed by atoms with Gasteiger partial charge in [0, 0.05) is 43.8 Å². The van der Waals surface area contributed by atoms with Crippen LogP contribution in [0.15, 0.2) is 30.5 Å². The number of hydrogen-bond acceptors (Lipinski definition) is 3. The largest absolute Gasteiger partial charge is 0.393 e. The monoisotopic (exact) mass is 276 g/mol. The maximum Gasteiger partial charge on any atom is 0.0587 e. The predicted molar refractivity (Wildman–Crippen MR) is 81.8 cm³/mol. The summed E-state index contributed by atoms with van der Waals surface area (Å²) in [6, 6.07) is 8.42. The van der Waals surface area contributed by atoms with E-state index < -0.39 is 0 Å². The highest BCUT2D eigenvalue weighted by atomic mass is 16.5. The van der Waals surface area contributed by atoms with Crippen molar-refractivity contribution in [2.45, 2.75) is 32.5 Å². The van der Waals surface area contributed by atoms with Gasteiger partial charge in [-0.05, 0) is 25.0 Å². The van der Waals surface area contributed by atoms with E-state index in [0.717, 1.165) is 32.7 Å². The van der Waals surface area contributed by atoms with Crippen LogP contribution in [0.25, 0.3) is 10.9 Å². The number of aliphatic hydroxyl groups excluding tert-OH is 1. The molecule has 4 nitrogen and oxygen atoms in total. The Morgan fingerprint density at radius 3 is 2.90 bits per heavy atom. The first kappa shape index (κ1) is 15.0. The van der Waals surface area contributed by atoms with Gasteiger partial charge in [-0.2, -0.15) is 0 Å². The minimum absolute atomic E-state index is 0.264. The molecule has 1 heterocycles. The summed E-state index contributed by atoms with van der Waals surface area (Å²) in [6.45, 7) is 5.09. The molecule has 0 radical (unpaired) electrons. The van der Waals surface area contributed by atoms with E-state index in [1.807, 2.05) is 6.92 Å². The number of benzene rings is 1. The van der Waals surface area contributed by atoms with E-state index in [4.69, 9.17) is 4.74 Å². The van der Waals surface area contributed by atoms with Gasteiger partial charge in [0.15, 0.2) is 0 Å². The smallest absolute Gasteiger partial charge is 0.0587 e. The quantitative estimate of drug-likeness (QED) is 0.726. The molecule has 0 saturated carbocycles. The third-order valence-corrected chi connectivity index (χ3v) is 3.46. The van der Waals surface area contributed by atoms with Crippen LogP contribution in [0.4, 0.5) is 0 Å². The van der Waals surface area contributed by atoms with Gasteiger partial charge in [0.2, 0.25) is 0 Å². The van der Waals surface area contributed by atoms with Gasteiger partial charge in [-0.25, -0.2) is 0 Å². The highest BCUT2D eigenvalue weighted by Gasteiger charge is 2.08. The summed E-state index contributed by atoms with van der Waals surface area (Å²) in [5.74, 6) is 0. The zero-order chi connectivity index (χ0) is 14.4. The lowest BCUT2D eigenvalue weighted by atomic mass is 10.2. The molecule has 1 aromatic carbocycles. The lowest BCUT2D eigenvalue weighted by Gasteiger charge is -2.06. The standard InChI is InChI=1S/C16H24N2O2/c1-13(19)7-9-18-12-14(11-17-8-10-20-2)15-5-3-4-6-16(15)18/h3-6,12-13,17,19H,7-11H2,1-2H3. The van der Waals surface area contributed by atoms with E-state index in [0.29, 0.717) is 0 Å². The van der Waals surface area contributed by atoms with Crippen LogP contribution in [0.3, 0.4) is 0 Å². The molecule has 0 saturated heterocycles. The molecule has 2 rings (SSSR count). The number of para-hydroxylation sites is 1. The number of ether oxygens (including phenoxy) is 1. The summed E-state index contributed by atoms with van der Waals surface area (Å²) in [4.78, 5) is 0. The van der Waals surface area contributed by atoms with Gasteiger partial charge < -0.3 is 19.7 Å². The third-order valence-electron chi connectivity index (χ3n) is 3.46. The molecule has 1 atom stereocenters. The van der Waals surface area contributed by atoms with Crippen molar-refractivity contribution in [3.8, 4) is 0 Å². The molecular formula is C16H24N2O2. The summed E-state index contributed by atoms with van der Waals surface area (Å²) >= 11 is 0. The van der Waals surface area contributed by atoms with Gasteiger partial charge in [-0.15, -0.1) is 0 Å². The van der Waals surface area contributed by atoms with Crippen molar-refractivity contribution in [1.29, 1.82) is 0 Å². The molecule has 1 unspecified atom stereocenters. The molecule has 1 aromatic heterocycles. The number of aryl methyl sites for hydroxylation is 1. The summed E-state index contributed by atoms with van der Waals surface area (Å²) in [5, 5.41) is 14.1. The van der Waals surface area contributed by atoms with Gasteiger partial charge in [-0.1, -0.05) is 18.2 Å². The van der Waals surface area contributed by atoms with Crippen molar-refractivity contribution in [2.75, 3.05) is 20.3 Å². The number of aliphatic hydroxyl groups is 1. The first-order chi connectivity index (χ1) is 9.72. The van der Waals surface area contributed by atoms with Crippen LogP contribution in [0.2, 0.25) is 0 Å². The Bertz CT molecular complexity index is 534. The van der Waals surface area contributed by atoms with Crippen LogP contribution in [0, 0.1) is 0 Å². The second-order valence-electron chi connectivity index (χ2n) is 5.17. The number of hydrogen-bond donors (Lipinski definition) is 2. The number of aromatic nitrogens is 1. The predicted octanol–water partition coefficient (Wildman–Crippen LogP) is 2.15. The normalized spacial score (nSPS) is 12.9. The molecule has 0 spiro atoms. The molecule has 0 fully saturated rings. The Hall–Kier alpha value is -1.36. The van der Waals surface area contributed by atoms with E-state index >= 15 is 0 Å². The van der Waals surface area contributed by atoms with Crippen molar-refractivity contribution in [2.24, 2.45) is 0 Å². The first-order valence-electron chi connectivity index (χ1n) is 7.17. The zero-order valence-corrected chi connectivity index (χ0v) is 12.3. The number of nitrogens with zero attached hydrogens (tertiary/aromatic N) is 1. The van der Waals surface area contributed by atoms with Gasteiger partial charge in [-0.3, -0.25) is 0 Å². The number of methoxy groups -OCH3 is 1. The molecular weight excluding hydrogens is 252 g/mol. The summed E-state index contributed by atoms with van der Waals surface area (Å²) in [6.07, 6.45) is 2.70. The van der Waals surface area contributed by atoms with Crippen molar-refractivity contribution in [3.63, 3.8) is 0 Å². The molecule has 4 heteroatoms. The molecule has 0 bridgehead atoms. The third kappa shape index (κ3) is 3.82. The lowest BCUT2D eigenvalue weighted by Crippen LogP contribution is -2.18. The van der Waals surface area contributed by atoms with Crippen molar-refractivity contribution in [3.05, 3.63) is 36.0 Å². The van der Waals surface area contributed by atoms with Crippen LogP contribution >= 0.6 is 0 Å². The van der Waals surface area contributed by atoms with Gasteiger partial charge in [0.25, 0.3) is 0 Å². The molecule has 0 aliphatic heterocycles. The van der Waals surface area contributed by atoms with Crippen LogP contribution < -0.4 is 5.32 Å². The SMILES string of the molecule is COCCNCc1cn(CCC(C)O)c2ccccc12. The maximum absolute atomic E-state index is 9.45. The van der Waals surface area contributed by atoms with E-state index in [9.17, 15) is 5.11 Å². The highest BCUT2D eigenvalue weighted by molar-refractivity contribution is 5.83. The number of nitrogens with one attached hydrogen (secondary N) is 1. The summed E-state index contributed by atoms with van der Waals surface area (Å²) in [5.41, 5.74) is 2.53. The topological polar surface area (TPSA) is 46.4 Å². The van der Waals surface area contributed by atoms with Crippen LogP contribution in [-0.2, 0) is 17.8 Å². The maximum atomic E-state index is 9.45. The average Bonchev–Trinajstić information content (AvgIpc) is 2.80. The fourth-order valence-corrected chi connectivity index (χ4v) is 2.37. The van der Waals surface area contributed by atoms with Gasteiger partial charge >= 0.3 is 0 Å². The van der Waals surface area contributed by atoms with Crippen LogP contribution in [-0.4, -0.2) is 36.0 Å². The van der Waals surface area contributed by atoms with E-state index in [-0.39, 0.29) is 6.10 Å². The summed E-state index contributed by atoms with van der Waals surface area (Å²) < 4.78 is 7.27. The minimum atomic E-state index is -0.264. The van der Waals surface area contributed by atoms with Crippen LogP contribution in [0.1, 0.15) is 18.9 Å². The molecule has 110 valence electrons. The highest BCUT2D eigenvalue weighted by Crippen LogP contribution is 2.21. The number of fused-ring (bicyclic) bond motifs is 1. The second-order valence-corrected chi connectivity index (χ2v) is 5.17. The minimum Gasteiger partial charge on any atom is -0.393 e. The molecule has 2 aromatic rings.